The van der Waals surface area contributed by atoms with Gasteiger partial charge >= 0.3 is 0 Å². The Balaban J connectivity index is 2.34. The number of primary amides is 1. The quantitative estimate of drug-likeness (QED) is 0.853. The van der Waals surface area contributed by atoms with Crippen molar-refractivity contribution in [1.29, 1.82) is 0 Å². The summed E-state index contributed by atoms with van der Waals surface area (Å²) >= 11 is 6.12. The molecule has 0 aliphatic heterocycles. The lowest BCUT2D eigenvalue weighted by molar-refractivity contribution is 0.100. The van der Waals surface area contributed by atoms with Crippen LogP contribution in [0.25, 0.3) is 0 Å². The number of carbonyl (C=O) groups is 1. The first-order chi connectivity index (χ1) is 9.88. The predicted octanol–water partition coefficient (Wildman–Crippen LogP) is 2.80. The first kappa shape index (κ1) is 15.1. The summed E-state index contributed by atoms with van der Waals surface area (Å²) in [7, 11) is 1.76. The van der Waals surface area contributed by atoms with Gasteiger partial charge in [0.1, 0.15) is 5.82 Å². The average molecular weight is 308 g/mol. The van der Waals surface area contributed by atoms with Crippen molar-refractivity contribution < 1.29 is 9.18 Å². The van der Waals surface area contributed by atoms with Crippen molar-refractivity contribution in [3.8, 4) is 0 Å². The Kier molecular flexibility index (Phi) is 4.33. The molecular weight excluding hydrogens is 293 g/mol. The summed E-state index contributed by atoms with van der Waals surface area (Å²) in [6, 6.07) is 9.08. The minimum atomic E-state index is -0.685. The van der Waals surface area contributed by atoms with Crippen LogP contribution in [-0.2, 0) is 6.54 Å². The van der Waals surface area contributed by atoms with Crippen LogP contribution in [0.1, 0.15) is 15.9 Å². The Hall–Kier alpha value is -2.27. The van der Waals surface area contributed by atoms with Crippen LogP contribution >= 0.6 is 11.6 Å². The maximum absolute atomic E-state index is 13.3. The van der Waals surface area contributed by atoms with Gasteiger partial charge in [0.25, 0.3) is 5.91 Å². The number of carbonyl (C=O) groups excluding carboxylic acids is 1. The second kappa shape index (κ2) is 6.01. The van der Waals surface area contributed by atoms with Crippen molar-refractivity contribution in [2.75, 3.05) is 17.7 Å². The van der Waals surface area contributed by atoms with Crippen molar-refractivity contribution >= 4 is 28.9 Å². The number of rotatable bonds is 4. The van der Waals surface area contributed by atoms with Crippen LogP contribution in [0.15, 0.2) is 36.4 Å². The van der Waals surface area contributed by atoms with Gasteiger partial charge in [-0.1, -0.05) is 11.6 Å². The van der Waals surface area contributed by atoms with Gasteiger partial charge in [-0.3, -0.25) is 4.79 Å². The van der Waals surface area contributed by atoms with E-state index in [1.54, 1.807) is 30.1 Å². The molecule has 21 heavy (non-hydrogen) atoms. The smallest absolute Gasteiger partial charge is 0.250 e. The summed E-state index contributed by atoms with van der Waals surface area (Å²) in [5.74, 6) is -1.20. The minimum Gasteiger partial charge on any atom is -0.399 e. The van der Waals surface area contributed by atoms with Crippen molar-refractivity contribution in [2.45, 2.75) is 6.54 Å². The molecule has 0 unspecified atom stereocenters. The molecule has 0 fully saturated rings. The molecule has 2 rings (SSSR count). The predicted molar refractivity (Wildman–Crippen MR) is 82.9 cm³/mol. The number of anilines is 2. The summed E-state index contributed by atoms with van der Waals surface area (Å²) in [5.41, 5.74) is 13.1. The highest BCUT2D eigenvalue weighted by atomic mass is 35.5. The van der Waals surface area contributed by atoms with Crippen LogP contribution in [0, 0.1) is 5.82 Å². The van der Waals surface area contributed by atoms with E-state index < -0.39 is 11.7 Å². The monoisotopic (exact) mass is 307 g/mol. The molecule has 2 aromatic rings. The van der Waals surface area contributed by atoms with Crippen molar-refractivity contribution in [3.05, 3.63) is 58.4 Å². The molecule has 0 atom stereocenters. The highest BCUT2D eigenvalue weighted by Gasteiger charge is 2.14. The topological polar surface area (TPSA) is 72.3 Å². The second-order valence-electron chi connectivity index (χ2n) is 4.73. The zero-order valence-corrected chi connectivity index (χ0v) is 12.2. The van der Waals surface area contributed by atoms with Crippen LogP contribution < -0.4 is 16.4 Å². The fraction of sp³-hybridized carbons (Fsp3) is 0.133. The number of halogens is 2. The molecule has 0 aliphatic rings. The number of hydrogen-bond donors (Lipinski definition) is 2. The largest absolute Gasteiger partial charge is 0.399 e. The highest BCUT2D eigenvalue weighted by molar-refractivity contribution is 6.31. The maximum atomic E-state index is 13.3. The molecule has 0 bridgehead atoms. The number of nitrogens with zero attached hydrogens (tertiary/aromatic N) is 1. The third-order valence-electron chi connectivity index (χ3n) is 3.11. The molecule has 0 heterocycles. The molecule has 0 aromatic heterocycles. The summed E-state index contributed by atoms with van der Waals surface area (Å²) < 4.78 is 13.3. The number of hydrogen-bond acceptors (Lipinski definition) is 3. The third-order valence-corrected chi connectivity index (χ3v) is 3.48. The van der Waals surface area contributed by atoms with Gasteiger partial charge in [0, 0.05) is 30.0 Å². The molecule has 110 valence electrons. The lowest BCUT2D eigenvalue weighted by Gasteiger charge is -2.22. The minimum absolute atomic E-state index is 0.123. The van der Waals surface area contributed by atoms with Crippen LogP contribution in [0.5, 0.6) is 0 Å². The van der Waals surface area contributed by atoms with Crippen LogP contribution in [0.2, 0.25) is 5.02 Å². The maximum Gasteiger partial charge on any atom is 0.250 e. The van der Waals surface area contributed by atoms with Gasteiger partial charge in [0.05, 0.1) is 5.56 Å². The Bertz CT molecular complexity index is 691. The van der Waals surface area contributed by atoms with Crippen molar-refractivity contribution in [3.63, 3.8) is 0 Å². The molecule has 1 amide bonds. The average Bonchev–Trinajstić information content (AvgIpc) is 2.42. The number of benzene rings is 2. The van der Waals surface area contributed by atoms with E-state index in [0.29, 0.717) is 22.9 Å². The summed E-state index contributed by atoms with van der Waals surface area (Å²) in [6.07, 6.45) is 0. The van der Waals surface area contributed by atoms with E-state index >= 15 is 0 Å². The van der Waals surface area contributed by atoms with E-state index in [4.69, 9.17) is 23.1 Å². The zero-order valence-electron chi connectivity index (χ0n) is 11.4. The molecule has 2 aromatic carbocycles. The molecule has 0 saturated carbocycles. The molecule has 4 N–H and O–H groups in total. The Labute approximate surface area is 127 Å². The number of nitrogens with two attached hydrogens (primary N) is 2. The lowest BCUT2D eigenvalue weighted by atomic mass is 10.1. The number of amides is 1. The lowest BCUT2D eigenvalue weighted by Crippen LogP contribution is -2.22. The summed E-state index contributed by atoms with van der Waals surface area (Å²) in [5, 5.41) is 0.568. The Morgan fingerprint density at radius 3 is 2.67 bits per heavy atom. The summed E-state index contributed by atoms with van der Waals surface area (Å²) in [6.45, 7) is 0.412. The van der Waals surface area contributed by atoms with Crippen LogP contribution in [-0.4, -0.2) is 13.0 Å². The molecule has 0 saturated heterocycles. The van der Waals surface area contributed by atoms with E-state index in [9.17, 15) is 9.18 Å². The molecule has 4 nitrogen and oxygen atoms in total. The molecule has 0 aliphatic carbocycles. The van der Waals surface area contributed by atoms with Crippen molar-refractivity contribution in [2.24, 2.45) is 5.73 Å². The van der Waals surface area contributed by atoms with Crippen LogP contribution in [0.4, 0.5) is 15.8 Å². The molecule has 0 radical (unpaired) electrons. The van der Waals surface area contributed by atoms with E-state index in [1.807, 2.05) is 0 Å². The zero-order chi connectivity index (χ0) is 15.6. The number of nitrogen functional groups attached to an aromatic ring is 1. The fourth-order valence-electron chi connectivity index (χ4n) is 2.10. The van der Waals surface area contributed by atoms with E-state index in [-0.39, 0.29) is 5.56 Å². The van der Waals surface area contributed by atoms with Gasteiger partial charge < -0.3 is 16.4 Å². The van der Waals surface area contributed by atoms with E-state index in [2.05, 4.69) is 0 Å². The van der Waals surface area contributed by atoms with E-state index in [0.717, 1.165) is 11.6 Å². The molecule has 6 heteroatoms. The fourth-order valence-corrected chi connectivity index (χ4v) is 2.27. The van der Waals surface area contributed by atoms with Gasteiger partial charge in [0.15, 0.2) is 0 Å². The normalized spacial score (nSPS) is 10.4. The molecule has 0 spiro atoms. The SMILES string of the molecule is CN(Cc1cc(N)ccc1Cl)c1ccc(F)cc1C(N)=O. The standard InChI is InChI=1S/C15H15ClFN3O/c1-20(8-9-6-11(18)3-4-13(9)16)14-5-2-10(17)7-12(14)15(19)21/h2-7H,8,18H2,1H3,(H2,19,21). The van der Waals surface area contributed by atoms with Gasteiger partial charge in [-0.2, -0.15) is 0 Å². The van der Waals surface area contributed by atoms with Gasteiger partial charge in [0.2, 0.25) is 0 Å². The van der Waals surface area contributed by atoms with Gasteiger partial charge in [-0.25, -0.2) is 4.39 Å². The van der Waals surface area contributed by atoms with Gasteiger partial charge in [-0.15, -0.1) is 0 Å². The first-order valence-electron chi connectivity index (χ1n) is 6.23. The first-order valence-corrected chi connectivity index (χ1v) is 6.60. The molecular formula is C15H15ClFN3O. The van der Waals surface area contributed by atoms with Crippen molar-refractivity contribution in [1.82, 2.24) is 0 Å². The van der Waals surface area contributed by atoms with Crippen LogP contribution in [0.3, 0.4) is 0 Å². The Morgan fingerprint density at radius 2 is 2.00 bits per heavy atom. The second-order valence-corrected chi connectivity index (χ2v) is 5.14. The highest BCUT2D eigenvalue weighted by Crippen LogP contribution is 2.25. The van der Waals surface area contributed by atoms with E-state index in [1.165, 1.54) is 12.1 Å². The van der Waals surface area contributed by atoms with Gasteiger partial charge in [-0.05, 0) is 42.0 Å². The Morgan fingerprint density at radius 1 is 1.29 bits per heavy atom. The summed E-state index contributed by atoms with van der Waals surface area (Å²) in [4.78, 5) is 13.2. The third kappa shape index (κ3) is 3.44.